The summed E-state index contributed by atoms with van der Waals surface area (Å²) in [6.45, 7) is 0.433. The molecule has 1 aromatic carbocycles. The van der Waals surface area contributed by atoms with Crippen LogP contribution in [0.15, 0.2) is 18.2 Å². The van der Waals surface area contributed by atoms with Gasteiger partial charge in [0, 0.05) is 19.2 Å². The number of carbonyl (C=O) groups excluding carboxylic acids is 1. The van der Waals surface area contributed by atoms with Gasteiger partial charge in [0.25, 0.3) is 5.24 Å². The number of carbonyl (C=O) groups is 1. The van der Waals surface area contributed by atoms with Crippen LogP contribution < -0.4 is 9.47 Å². The Kier molecular flexibility index (Phi) is 4.49. The molecule has 88 valence electrons. The van der Waals surface area contributed by atoms with Gasteiger partial charge >= 0.3 is 0 Å². The summed E-state index contributed by atoms with van der Waals surface area (Å²) in [5.41, 5.74) is 0.881. The fourth-order valence-electron chi connectivity index (χ4n) is 1.33. The molecule has 0 saturated heterocycles. The van der Waals surface area contributed by atoms with Crippen LogP contribution in [0.25, 0.3) is 0 Å². The molecule has 0 unspecified atom stereocenters. The van der Waals surface area contributed by atoms with Crippen molar-refractivity contribution in [3.63, 3.8) is 0 Å². The Balaban J connectivity index is 2.95. The molecule has 4 nitrogen and oxygen atoms in total. The first-order valence-corrected chi connectivity index (χ1v) is 5.18. The third-order valence-electron chi connectivity index (χ3n) is 2.22. The van der Waals surface area contributed by atoms with Crippen molar-refractivity contribution in [1.29, 1.82) is 0 Å². The lowest BCUT2D eigenvalue weighted by Gasteiger charge is -2.17. The van der Waals surface area contributed by atoms with Crippen molar-refractivity contribution < 1.29 is 14.3 Å². The molecule has 1 amide bonds. The second-order valence-electron chi connectivity index (χ2n) is 3.32. The minimum atomic E-state index is -0.287. The summed E-state index contributed by atoms with van der Waals surface area (Å²) >= 11 is 3.75. The fraction of sp³-hybridized carbons (Fsp3) is 0.364. The number of rotatable bonds is 4. The first kappa shape index (κ1) is 12.7. The smallest absolute Gasteiger partial charge is 0.278 e. The molecule has 0 aliphatic rings. The summed E-state index contributed by atoms with van der Waals surface area (Å²) in [5.74, 6) is 1.46. The average molecular weight is 241 g/mol. The zero-order chi connectivity index (χ0) is 12.1. The Morgan fingerprint density at radius 3 is 2.56 bits per heavy atom. The van der Waals surface area contributed by atoms with Crippen molar-refractivity contribution in [2.45, 2.75) is 6.54 Å². The molecule has 0 radical (unpaired) electrons. The van der Waals surface area contributed by atoms with Crippen LogP contribution in [0.1, 0.15) is 5.56 Å². The number of hydrogen-bond acceptors (Lipinski definition) is 3. The lowest BCUT2D eigenvalue weighted by atomic mass is 10.2. The molecule has 0 aliphatic heterocycles. The molecule has 0 atom stereocenters. The van der Waals surface area contributed by atoms with Gasteiger partial charge in [-0.15, -0.1) is 0 Å². The van der Waals surface area contributed by atoms with E-state index in [-0.39, 0.29) is 5.24 Å². The maximum atomic E-state index is 11.0. The number of methoxy groups -OCH3 is 2. The summed E-state index contributed by atoms with van der Waals surface area (Å²) in [4.78, 5) is 12.5. The van der Waals surface area contributed by atoms with E-state index in [1.165, 1.54) is 4.90 Å². The number of thiol groups is 1. The van der Waals surface area contributed by atoms with E-state index in [1.54, 1.807) is 21.3 Å². The third-order valence-corrected chi connectivity index (χ3v) is 2.56. The summed E-state index contributed by atoms with van der Waals surface area (Å²) in [5, 5.41) is -0.287. The van der Waals surface area contributed by atoms with Crippen LogP contribution in [-0.4, -0.2) is 31.4 Å². The predicted molar refractivity (Wildman–Crippen MR) is 65.4 cm³/mol. The van der Waals surface area contributed by atoms with Crippen LogP contribution in [0, 0.1) is 0 Å². The van der Waals surface area contributed by atoms with Gasteiger partial charge < -0.3 is 14.4 Å². The Hall–Kier alpha value is -1.36. The van der Waals surface area contributed by atoms with Crippen molar-refractivity contribution in [3.05, 3.63) is 23.8 Å². The Morgan fingerprint density at radius 1 is 1.38 bits per heavy atom. The maximum Gasteiger partial charge on any atom is 0.278 e. The van der Waals surface area contributed by atoms with E-state index in [0.717, 1.165) is 17.1 Å². The van der Waals surface area contributed by atoms with Crippen molar-refractivity contribution in [2.75, 3.05) is 21.3 Å². The van der Waals surface area contributed by atoms with Gasteiger partial charge in [-0.2, -0.15) is 0 Å². The van der Waals surface area contributed by atoms with Gasteiger partial charge in [0.05, 0.1) is 14.2 Å². The van der Waals surface area contributed by atoms with Crippen LogP contribution in [0.4, 0.5) is 4.79 Å². The second kappa shape index (κ2) is 5.65. The van der Waals surface area contributed by atoms with Gasteiger partial charge in [-0.3, -0.25) is 4.79 Å². The average Bonchev–Trinajstić information content (AvgIpc) is 2.28. The van der Waals surface area contributed by atoms with Gasteiger partial charge in [0.15, 0.2) is 0 Å². The molecule has 16 heavy (non-hydrogen) atoms. The van der Waals surface area contributed by atoms with E-state index in [1.807, 2.05) is 18.2 Å². The molecule has 0 saturated carbocycles. The van der Waals surface area contributed by atoms with Gasteiger partial charge in [0.2, 0.25) is 0 Å². The van der Waals surface area contributed by atoms with E-state index < -0.39 is 0 Å². The molecule has 0 N–H and O–H groups in total. The highest BCUT2D eigenvalue weighted by Crippen LogP contribution is 2.25. The van der Waals surface area contributed by atoms with Gasteiger partial charge in [-0.25, -0.2) is 0 Å². The molecule has 1 rings (SSSR count). The molecule has 0 aromatic heterocycles. The van der Waals surface area contributed by atoms with Crippen LogP contribution in [0.3, 0.4) is 0 Å². The van der Waals surface area contributed by atoms with E-state index in [0.29, 0.717) is 6.54 Å². The lowest BCUT2D eigenvalue weighted by molar-refractivity contribution is 0.231. The van der Waals surface area contributed by atoms with Crippen LogP contribution in [-0.2, 0) is 6.54 Å². The topological polar surface area (TPSA) is 38.8 Å². The SMILES string of the molecule is COc1ccc(OC)c(CN(C)C(=O)S)c1. The monoisotopic (exact) mass is 241 g/mol. The molecule has 0 heterocycles. The second-order valence-corrected chi connectivity index (χ2v) is 3.70. The van der Waals surface area contributed by atoms with Crippen molar-refractivity contribution >= 4 is 17.9 Å². The zero-order valence-corrected chi connectivity index (χ0v) is 10.5. The van der Waals surface area contributed by atoms with Crippen LogP contribution in [0.2, 0.25) is 0 Å². The van der Waals surface area contributed by atoms with Crippen molar-refractivity contribution in [2.24, 2.45) is 0 Å². The van der Waals surface area contributed by atoms with Crippen molar-refractivity contribution in [1.82, 2.24) is 4.90 Å². The first-order chi connectivity index (χ1) is 7.58. The Bertz CT molecular complexity index is 381. The number of ether oxygens (including phenoxy) is 2. The zero-order valence-electron chi connectivity index (χ0n) is 9.56. The van der Waals surface area contributed by atoms with Crippen LogP contribution in [0.5, 0.6) is 11.5 Å². The minimum absolute atomic E-state index is 0.287. The van der Waals surface area contributed by atoms with Gasteiger partial charge in [-0.05, 0) is 18.2 Å². The molecule has 0 spiro atoms. The highest BCUT2D eigenvalue weighted by molar-refractivity contribution is 7.96. The molecule has 5 heteroatoms. The number of hydrogen-bond donors (Lipinski definition) is 1. The van der Waals surface area contributed by atoms with Crippen LogP contribution >= 0.6 is 12.6 Å². The predicted octanol–water partition coefficient (Wildman–Crippen LogP) is 2.19. The largest absolute Gasteiger partial charge is 0.497 e. The first-order valence-electron chi connectivity index (χ1n) is 4.73. The quantitative estimate of drug-likeness (QED) is 0.821. The number of amides is 1. The summed E-state index contributed by atoms with van der Waals surface area (Å²) < 4.78 is 10.3. The highest BCUT2D eigenvalue weighted by atomic mass is 32.1. The molecule has 1 aromatic rings. The minimum Gasteiger partial charge on any atom is -0.497 e. The number of nitrogens with zero attached hydrogens (tertiary/aromatic N) is 1. The molecule has 0 fully saturated rings. The molecule has 0 aliphatic carbocycles. The van der Waals surface area contributed by atoms with Gasteiger partial charge in [-0.1, -0.05) is 12.6 Å². The van der Waals surface area contributed by atoms with E-state index in [9.17, 15) is 4.79 Å². The summed E-state index contributed by atoms with van der Waals surface area (Å²) in [6.07, 6.45) is 0. The maximum absolute atomic E-state index is 11.0. The van der Waals surface area contributed by atoms with E-state index in [2.05, 4.69) is 12.6 Å². The molecular weight excluding hydrogens is 226 g/mol. The Labute approximate surface area is 101 Å². The standard InChI is InChI=1S/C11H15NO3S/c1-12(11(13)16)7-8-6-9(14-2)4-5-10(8)15-3/h4-6H,7H2,1-3H3,(H,13,16). The Morgan fingerprint density at radius 2 is 2.06 bits per heavy atom. The lowest BCUT2D eigenvalue weighted by Crippen LogP contribution is -2.20. The summed E-state index contributed by atoms with van der Waals surface area (Å²) in [7, 11) is 4.86. The van der Waals surface area contributed by atoms with Gasteiger partial charge in [0.1, 0.15) is 11.5 Å². The molecular formula is C11H15NO3S. The van der Waals surface area contributed by atoms with E-state index >= 15 is 0 Å². The fourth-order valence-corrected chi connectivity index (χ4v) is 1.40. The third kappa shape index (κ3) is 3.06. The molecule has 0 bridgehead atoms. The summed E-state index contributed by atoms with van der Waals surface area (Å²) in [6, 6.07) is 5.46. The number of benzene rings is 1. The normalized spacial score (nSPS) is 9.75. The van der Waals surface area contributed by atoms with E-state index in [4.69, 9.17) is 9.47 Å². The highest BCUT2D eigenvalue weighted by Gasteiger charge is 2.10. The van der Waals surface area contributed by atoms with Crippen molar-refractivity contribution in [3.8, 4) is 11.5 Å².